The zero-order chi connectivity index (χ0) is 25.4. The minimum Gasteiger partial charge on any atom is -0.495 e. The highest BCUT2D eigenvalue weighted by Crippen LogP contribution is 2.48. The first-order valence-electron chi connectivity index (χ1n) is 12.9. The molecule has 0 saturated carbocycles. The van der Waals surface area contributed by atoms with Crippen LogP contribution in [0, 0.1) is 16.7 Å². The molecule has 1 unspecified atom stereocenters. The van der Waals surface area contributed by atoms with E-state index in [4.69, 9.17) is 10.00 Å². The lowest BCUT2D eigenvalue weighted by molar-refractivity contribution is -0.136. The Kier molecular flexibility index (Phi) is 6.09. The number of ether oxygens (including phenoxy) is 1. The number of hydrogen-bond donors (Lipinski definition) is 0. The second kappa shape index (κ2) is 9.56. The zero-order valence-corrected chi connectivity index (χ0v) is 21.1. The van der Waals surface area contributed by atoms with Gasteiger partial charge in [-0.1, -0.05) is 12.1 Å². The highest BCUT2D eigenvalue weighted by Gasteiger charge is 2.48. The number of piperidine rings is 1. The van der Waals surface area contributed by atoms with Crippen molar-refractivity contribution in [3.05, 3.63) is 71.4 Å². The molecule has 3 aromatic rings. The van der Waals surface area contributed by atoms with Gasteiger partial charge in [-0.3, -0.25) is 14.7 Å². The highest BCUT2D eigenvalue weighted by molar-refractivity contribution is 5.78. The van der Waals surface area contributed by atoms with Gasteiger partial charge in [0.05, 0.1) is 25.4 Å². The van der Waals surface area contributed by atoms with Crippen molar-refractivity contribution in [1.29, 1.82) is 5.26 Å². The van der Waals surface area contributed by atoms with E-state index in [0.717, 1.165) is 68.8 Å². The third kappa shape index (κ3) is 4.56. The highest BCUT2D eigenvalue weighted by atomic mass is 16.5. The van der Waals surface area contributed by atoms with Crippen LogP contribution in [0.15, 0.2) is 48.9 Å². The van der Waals surface area contributed by atoms with Crippen molar-refractivity contribution in [2.75, 3.05) is 33.3 Å². The summed E-state index contributed by atoms with van der Waals surface area (Å²) in [6.07, 6.45) is 7.81. The second-order valence-electron chi connectivity index (χ2n) is 10.5. The van der Waals surface area contributed by atoms with Crippen LogP contribution in [0.4, 0.5) is 0 Å². The number of likely N-dealkylation sites (tertiary alicyclic amines) is 2. The number of nitrogens with zero attached hydrogens (tertiary/aromatic N) is 6. The van der Waals surface area contributed by atoms with Crippen molar-refractivity contribution in [3.8, 4) is 23.1 Å². The molecule has 188 valence electrons. The Hall–Kier alpha value is -3.83. The largest absolute Gasteiger partial charge is 0.495 e. The number of carbonyl (C=O) groups is 1. The first-order chi connectivity index (χ1) is 18.1. The Bertz CT molecular complexity index is 1350. The number of aryl methyl sites for hydroxylation is 1. The smallest absolute Gasteiger partial charge is 0.228 e. The van der Waals surface area contributed by atoms with Gasteiger partial charge in [-0.25, -0.2) is 9.97 Å². The number of pyridine rings is 1. The van der Waals surface area contributed by atoms with Crippen LogP contribution in [0.25, 0.3) is 11.3 Å². The molecular weight excluding hydrogens is 464 g/mol. The average molecular weight is 495 g/mol. The lowest BCUT2D eigenvalue weighted by Crippen LogP contribution is -2.61. The van der Waals surface area contributed by atoms with Crippen LogP contribution >= 0.6 is 0 Å². The molecule has 2 aliphatic heterocycles. The molecule has 2 fully saturated rings. The zero-order valence-electron chi connectivity index (χ0n) is 21.1. The summed E-state index contributed by atoms with van der Waals surface area (Å²) in [5, 5.41) is 9.14. The van der Waals surface area contributed by atoms with Gasteiger partial charge in [-0.15, -0.1) is 0 Å². The van der Waals surface area contributed by atoms with E-state index < -0.39 is 0 Å². The van der Waals surface area contributed by atoms with Crippen LogP contribution in [-0.4, -0.2) is 63.9 Å². The Labute approximate surface area is 216 Å². The summed E-state index contributed by atoms with van der Waals surface area (Å²) in [5.41, 5.74) is 6.16. The summed E-state index contributed by atoms with van der Waals surface area (Å²) >= 11 is 0. The number of nitriles is 1. The van der Waals surface area contributed by atoms with Crippen LogP contribution in [0.1, 0.15) is 47.8 Å². The van der Waals surface area contributed by atoms with Gasteiger partial charge in [0.1, 0.15) is 23.8 Å². The molecule has 1 atom stereocenters. The van der Waals surface area contributed by atoms with E-state index in [1.807, 2.05) is 17.0 Å². The number of benzene rings is 1. The molecular formula is C29H30N6O2. The van der Waals surface area contributed by atoms with E-state index in [9.17, 15) is 4.79 Å². The Morgan fingerprint density at radius 2 is 1.97 bits per heavy atom. The molecule has 0 N–H and O–H groups in total. The van der Waals surface area contributed by atoms with E-state index in [-0.39, 0.29) is 5.91 Å². The maximum absolute atomic E-state index is 12.8. The average Bonchev–Trinajstić information content (AvgIpc) is 3.35. The van der Waals surface area contributed by atoms with E-state index in [2.05, 4.69) is 44.1 Å². The SMILES string of the molecule is COc1ccc(CC(=O)N2CCC3(CC2)CN(C2CCc4cc(-c5cc(C#N)ncn5)ccc42)C3)nc1. The quantitative estimate of drug-likeness (QED) is 0.535. The van der Waals surface area contributed by atoms with E-state index >= 15 is 0 Å². The van der Waals surface area contributed by atoms with Gasteiger partial charge in [0, 0.05) is 49.5 Å². The molecule has 1 aromatic carbocycles. The van der Waals surface area contributed by atoms with Gasteiger partial charge in [0.25, 0.3) is 0 Å². The molecule has 8 heteroatoms. The fraction of sp³-hybridized carbons (Fsp3) is 0.414. The van der Waals surface area contributed by atoms with Crippen LogP contribution in [-0.2, 0) is 17.6 Å². The normalized spacial score (nSPS) is 20.2. The standard InChI is InChI=1S/C29H30N6O2/c1-37-24-5-4-22(31-16-24)14-28(36)34-10-8-29(9-11-34)17-35(18-29)27-7-3-20-12-21(2-6-25(20)27)26-13-23(15-30)32-19-33-26/h2,4-6,12-13,16,19,27H,3,7-11,14,17-18H2,1H3. The minimum absolute atomic E-state index is 0.162. The third-order valence-corrected chi connectivity index (χ3v) is 8.33. The van der Waals surface area contributed by atoms with Crippen LogP contribution in [0.3, 0.4) is 0 Å². The van der Waals surface area contributed by atoms with Crippen molar-refractivity contribution < 1.29 is 9.53 Å². The lowest BCUT2D eigenvalue weighted by Gasteiger charge is -2.56. The Morgan fingerprint density at radius 1 is 1.14 bits per heavy atom. The van der Waals surface area contributed by atoms with Crippen LogP contribution in [0.2, 0.25) is 0 Å². The molecule has 1 spiro atoms. The number of amides is 1. The molecule has 2 saturated heterocycles. The molecule has 0 radical (unpaired) electrons. The molecule has 4 heterocycles. The molecule has 2 aromatic heterocycles. The maximum atomic E-state index is 12.8. The molecule has 6 rings (SSSR count). The minimum atomic E-state index is 0.162. The van der Waals surface area contributed by atoms with Crippen molar-refractivity contribution in [2.24, 2.45) is 5.41 Å². The lowest BCUT2D eigenvalue weighted by atomic mass is 9.71. The molecule has 3 aliphatic rings. The van der Waals surface area contributed by atoms with Crippen molar-refractivity contribution in [3.63, 3.8) is 0 Å². The van der Waals surface area contributed by atoms with Gasteiger partial charge >= 0.3 is 0 Å². The fourth-order valence-corrected chi connectivity index (χ4v) is 6.20. The van der Waals surface area contributed by atoms with E-state index in [1.165, 1.54) is 17.5 Å². The fourth-order valence-electron chi connectivity index (χ4n) is 6.20. The number of rotatable bonds is 5. The van der Waals surface area contributed by atoms with Gasteiger partial charge in [-0.05, 0) is 60.4 Å². The summed E-state index contributed by atoms with van der Waals surface area (Å²) in [6.45, 7) is 3.88. The monoisotopic (exact) mass is 494 g/mol. The topological polar surface area (TPSA) is 95.2 Å². The van der Waals surface area contributed by atoms with Crippen molar-refractivity contribution in [1.82, 2.24) is 24.8 Å². The van der Waals surface area contributed by atoms with E-state index in [0.29, 0.717) is 29.3 Å². The third-order valence-electron chi connectivity index (χ3n) is 8.33. The van der Waals surface area contributed by atoms with Gasteiger partial charge < -0.3 is 9.64 Å². The predicted molar refractivity (Wildman–Crippen MR) is 138 cm³/mol. The number of fused-ring (bicyclic) bond motifs is 1. The van der Waals surface area contributed by atoms with Crippen LogP contribution < -0.4 is 4.74 Å². The summed E-state index contributed by atoms with van der Waals surface area (Å²) in [5.74, 6) is 0.866. The number of methoxy groups -OCH3 is 1. The van der Waals surface area contributed by atoms with Gasteiger partial charge in [0.15, 0.2) is 0 Å². The Morgan fingerprint density at radius 3 is 2.70 bits per heavy atom. The molecule has 1 amide bonds. The molecule has 8 nitrogen and oxygen atoms in total. The maximum Gasteiger partial charge on any atom is 0.228 e. The first kappa shape index (κ1) is 23.6. The van der Waals surface area contributed by atoms with E-state index in [1.54, 1.807) is 19.4 Å². The summed E-state index contributed by atoms with van der Waals surface area (Å²) in [7, 11) is 1.61. The predicted octanol–water partition coefficient (Wildman–Crippen LogP) is 3.57. The summed E-state index contributed by atoms with van der Waals surface area (Å²) in [6, 6.07) is 14.6. The number of aromatic nitrogens is 3. The van der Waals surface area contributed by atoms with Crippen molar-refractivity contribution >= 4 is 5.91 Å². The molecule has 1 aliphatic carbocycles. The first-order valence-corrected chi connectivity index (χ1v) is 12.9. The van der Waals surface area contributed by atoms with Crippen molar-refractivity contribution in [2.45, 2.75) is 38.1 Å². The molecule has 0 bridgehead atoms. The van der Waals surface area contributed by atoms with Gasteiger partial charge in [-0.2, -0.15) is 5.26 Å². The van der Waals surface area contributed by atoms with Gasteiger partial charge in [0.2, 0.25) is 5.91 Å². The van der Waals surface area contributed by atoms with Crippen LogP contribution in [0.5, 0.6) is 5.75 Å². The Balaban J connectivity index is 1.04. The second-order valence-corrected chi connectivity index (χ2v) is 10.5. The number of carbonyl (C=O) groups excluding carboxylic acids is 1. The molecule has 37 heavy (non-hydrogen) atoms. The number of hydrogen-bond acceptors (Lipinski definition) is 7. The summed E-state index contributed by atoms with van der Waals surface area (Å²) in [4.78, 5) is 30.2. The summed E-state index contributed by atoms with van der Waals surface area (Å²) < 4.78 is 5.15.